The van der Waals surface area contributed by atoms with E-state index >= 15 is 0 Å². The molecular formula is C22H26O6. The molecule has 150 valence electrons. The van der Waals surface area contributed by atoms with E-state index < -0.39 is 35.9 Å². The number of allylic oxidation sites excluding steroid dienone is 2. The van der Waals surface area contributed by atoms with Crippen molar-refractivity contribution < 1.29 is 30.6 Å². The summed E-state index contributed by atoms with van der Waals surface area (Å²) in [5.74, 6) is -1.07. The zero-order valence-electron chi connectivity index (χ0n) is 15.8. The van der Waals surface area contributed by atoms with E-state index in [1.807, 2.05) is 0 Å². The van der Waals surface area contributed by atoms with Crippen LogP contribution < -0.4 is 0 Å². The Bertz CT molecular complexity index is 757. The Balaban J connectivity index is 2.21. The highest BCUT2D eigenvalue weighted by atomic mass is 16.4. The summed E-state index contributed by atoms with van der Waals surface area (Å²) in [6, 6.07) is 17.5. The highest BCUT2D eigenvalue weighted by Crippen LogP contribution is 2.24. The van der Waals surface area contributed by atoms with Gasteiger partial charge in [0, 0.05) is 0 Å². The molecule has 4 unspecified atom stereocenters. The van der Waals surface area contributed by atoms with E-state index in [0.29, 0.717) is 22.3 Å². The molecule has 0 heterocycles. The van der Waals surface area contributed by atoms with Crippen molar-refractivity contribution in [2.24, 2.45) is 0 Å². The molecule has 0 saturated carbocycles. The molecule has 0 saturated heterocycles. The molecule has 0 aliphatic carbocycles. The molecule has 6 heteroatoms. The third kappa shape index (κ3) is 4.79. The summed E-state index contributed by atoms with van der Waals surface area (Å²) >= 11 is 0. The quantitative estimate of drug-likeness (QED) is 0.407. The number of hydrogen-bond acceptors (Lipinski definition) is 6. The summed E-state index contributed by atoms with van der Waals surface area (Å²) in [7, 11) is 0. The molecule has 28 heavy (non-hydrogen) atoms. The van der Waals surface area contributed by atoms with Gasteiger partial charge in [0.05, 0.1) is 0 Å². The van der Waals surface area contributed by atoms with Crippen molar-refractivity contribution in [2.75, 3.05) is 0 Å². The third-order valence-corrected chi connectivity index (χ3v) is 4.74. The molecule has 2 aromatic rings. The van der Waals surface area contributed by atoms with Crippen LogP contribution in [0.2, 0.25) is 0 Å². The molecule has 0 fully saturated rings. The molecule has 2 aromatic carbocycles. The highest BCUT2D eigenvalue weighted by molar-refractivity contribution is 5.67. The van der Waals surface area contributed by atoms with Crippen LogP contribution in [0.25, 0.3) is 11.1 Å². The van der Waals surface area contributed by atoms with E-state index in [2.05, 4.69) is 0 Å². The second-order valence-electron chi connectivity index (χ2n) is 6.62. The maximum atomic E-state index is 10.3. The third-order valence-electron chi connectivity index (χ3n) is 4.74. The number of aliphatic hydroxyl groups excluding tert-OH is 6. The van der Waals surface area contributed by atoms with Gasteiger partial charge in [0.15, 0.2) is 0 Å². The Hall–Kier alpha value is -2.64. The highest BCUT2D eigenvalue weighted by Gasteiger charge is 2.35. The molecule has 0 bridgehead atoms. The number of aliphatic hydroxyl groups is 6. The molecule has 0 amide bonds. The maximum Gasteiger partial charge on any atom is 0.139 e. The van der Waals surface area contributed by atoms with E-state index in [4.69, 9.17) is 0 Å². The standard InChI is InChI=1S/C22H26O6/c1-13(15-9-5-3-6-10-15)17(23)19(25)21(27)22(28)20(26)18(24)14(2)16-11-7-4-8-12-16/h3-12,19-28H,1-2H3. The van der Waals surface area contributed by atoms with Gasteiger partial charge in [0.1, 0.15) is 35.9 Å². The monoisotopic (exact) mass is 386 g/mol. The summed E-state index contributed by atoms with van der Waals surface area (Å²) in [5.41, 5.74) is 1.89. The van der Waals surface area contributed by atoms with Crippen molar-refractivity contribution >= 4 is 11.1 Å². The first kappa shape index (κ1) is 21.7. The normalized spacial score (nSPS) is 17.8. The zero-order valence-corrected chi connectivity index (χ0v) is 15.8. The molecule has 2 rings (SSSR count). The van der Waals surface area contributed by atoms with Crippen LogP contribution in [0.5, 0.6) is 0 Å². The first-order valence-corrected chi connectivity index (χ1v) is 8.88. The first-order valence-electron chi connectivity index (χ1n) is 8.88. The molecule has 0 spiro atoms. The minimum absolute atomic E-state index is 0.314. The molecule has 0 aliphatic heterocycles. The SMILES string of the molecule is CC(=C(O)C(O)C(O)C(O)C(O)C(O)=C(C)c1ccccc1)c1ccccc1. The Kier molecular flexibility index (Phi) is 7.37. The van der Waals surface area contributed by atoms with Gasteiger partial charge in [-0.25, -0.2) is 0 Å². The molecule has 4 atom stereocenters. The van der Waals surface area contributed by atoms with Crippen LogP contribution >= 0.6 is 0 Å². The van der Waals surface area contributed by atoms with Gasteiger partial charge in [0.2, 0.25) is 0 Å². The van der Waals surface area contributed by atoms with Gasteiger partial charge in [-0.05, 0) is 36.1 Å². The molecule has 0 aliphatic rings. The lowest BCUT2D eigenvalue weighted by atomic mass is 9.94. The van der Waals surface area contributed by atoms with Gasteiger partial charge in [-0.3, -0.25) is 0 Å². The predicted octanol–water partition coefficient (Wildman–Crippen LogP) is 2.41. The number of hydrogen-bond donors (Lipinski definition) is 6. The van der Waals surface area contributed by atoms with Crippen LogP contribution in [0.15, 0.2) is 72.2 Å². The second kappa shape index (κ2) is 9.52. The predicted molar refractivity (Wildman–Crippen MR) is 107 cm³/mol. The zero-order chi connectivity index (χ0) is 20.8. The first-order chi connectivity index (χ1) is 13.3. The summed E-state index contributed by atoms with van der Waals surface area (Å²) in [5, 5.41) is 61.5. The summed E-state index contributed by atoms with van der Waals surface area (Å²) in [6.07, 6.45) is -7.57. The lowest BCUT2D eigenvalue weighted by molar-refractivity contribution is -0.0999. The van der Waals surface area contributed by atoms with Gasteiger partial charge in [-0.15, -0.1) is 0 Å². The van der Waals surface area contributed by atoms with E-state index in [-0.39, 0.29) is 0 Å². The summed E-state index contributed by atoms with van der Waals surface area (Å²) in [6.45, 7) is 3.11. The average Bonchev–Trinajstić information content (AvgIpc) is 2.76. The number of rotatable bonds is 7. The Morgan fingerprint density at radius 2 is 0.857 bits per heavy atom. The van der Waals surface area contributed by atoms with Crippen molar-refractivity contribution in [1.82, 2.24) is 0 Å². The van der Waals surface area contributed by atoms with Crippen LogP contribution in [-0.4, -0.2) is 55.1 Å². The van der Waals surface area contributed by atoms with Crippen molar-refractivity contribution in [2.45, 2.75) is 38.3 Å². The Morgan fingerprint density at radius 3 is 1.14 bits per heavy atom. The van der Waals surface area contributed by atoms with Gasteiger partial charge in [0.25, 0.3) is 0 Å². The lowest BCUT2D eigenvalue weighted by Crippen LogP contribution is -2.46. The average molecular weight is 386 g/mol. The van der Waals surface area contributed by atoms with Crippen molar-refractivity contribution in [3.63, 3.8) is 0 Å². The fraction of sp³-hybridized carbons (Fsp3) is 0.273. The smallest absolute Gasteiger partial charge is 0.139 e. The van der Waals surface area contributed by atoms with Crippen LogP contribution in [-0.2, 0) is 0 Å². The Labute approximate surface area is 164 Å². The molecule has 6 nitrogen and oxygen atoms in total. The van der Waals surface area contributed by atoms with Gasteiger partial charge in [-0.2, -0.15) is 0 Å². The lowest BCUT2D eigenvalue weighted by Gasteiger charge is -2.27. The van der Waals surface area contributed by atoms with E-state index in [9.17, 15) is 30.6 Å². The van der Waals surface area contributed by atoms with Crippen LogP contribution in [0, 0.1) is 0 Å². The van der Waals surface area contributed by atoms with Crippen LogP contribution in [0.4, 0.5) is 0 Å². The van der Waals surface area contributed by atoms with Gasteiger partial charge >= 0.3 is 0 Å². The number of benzene rings is 2. The van der Waals surface area contributed by atoms with E-state index in [0.717, 1.165) is 0 Å². The summed E-state index contributed by atoms with van der Waals surface area (Å²) < 4.78 is 0. The van der Waals surface area contributed by atoms with Crippen LogP contribution in [0.3, 0.4) is 0 Å². The minimum atomic E-state index is -1.93. The van der Waals surface area contributed by atoms with E-state index in [1.165, 1.54) is 0 Å². The Morgan fingerprint density at radius 1 is 0.571 bits per heavy atom. The fourth-order valence-electron chi connectivity index (χ4n) is 2.81. The second-order valence-corrected chi connectivity index (χ2v) is 6.62. The summed E-state index contributed by atoms with van der Waals surface area (Å²) in [4.78, 5) is 0. The van der Waals surface area contributed by atoms with Gasteiger partial charge < -0.3 is 30.6 Å². The van der Waals surface area contributed by atoms with Gasteiger partial charge in [-0.1, -0.05) is 60.7 Å². The molecule has 0 aromatic heterocycles. The van der Waals surface area contributed by atoms with Crippen molar-refractivity contribution in [3.05, 3.63) is 83.3 Å². The van der Waals surface area contributed by atoms with Crippen LogP contribution in [0.1, 0.15) is 25.0 Å². The topological polar surface area (TPSA) is 121 Å². The molecule has 0 radical (unpaired) electrons. The maximum absolute atomic E-state index is 10.3. The largest absolute Gasteiger partial charge is 0.509 e. The van der Waals surface area contributed by atoms with Crippen molar-refractivity contribution in [3.8, 4) is 0 Å². The fourth-order valence-corrected chi connectivity index (χ4v) is 2.81. The molecule has 6 N–H and O–H groups in total. The minimum Gasteiger partial charge on any atom is -0.509 e. The molecular weight excluding hydrogens is 360 g/mol. The van der Waals surface area contributed by atoms with Crippen molar-refractivity contribution in [1.29, 1.82) is 0 Å². The van der Waals surface area contributed by atoms with E-state index in [1.54, 1.807) is 74.5 Å².